The summed E-state index contributed by atoms with van der Waals surface area (Å²) in [6.07, 6.45) is 4.09. The standard InChI is InChI=1S/C21H28N4O2S/c1-16-17(2)28-21(22-16)23-19(26)15-25(14-8-13-24(3)4)20(27)12-11-18-9-6-5-7-10-18/h5-7,9-12H,8,13-15H2,1-4H3,(H,22,23,26)/b12-11+. The number of carbonyl (C=O) groups is 2. The van der Waals surface area contributed by atoms with E-state index in [4.69, 9.17) is 0 Å². The van der Waals surface area contributed by atoms with Crippen molar-refractivity contribution in [3.05, 3.63) is 52.5 Å². The molecule has 2 rings (SSSR count). The largest absolute Gasteiger partial charge is 0.330 e. The Balaban J connectivity index is 2.01. The Bertz CT molecular complexity index is 796. The van der Waals surface area contributed by atoms with E-state index in [-0.39, 0.29) is 18.4 Å². The summed E-state index contributed by atoms with van der Waals surface area (Å²) < 4.78 is 0. The molecule has 0 unspecified atom stereocenters. The lowest BCUT2D eigenvalue weighted by molar-refractivity contribution is -0.130. The zero-order valence-electron chi connectivity index (χ0n) is 16.9. The van der Waals surface area contributed by atoms with Crippen molar-refractivity contribution >= 4 is 34.4 Å². The molecule has 150 valence electrons. The second-order valence-corrected chi connectivity index (χ2v) is 8.07. The van der Waals surface area contributed by atoms with Gasteiger partial charge in [0, 0.05) is 17.5 Å². The van der Waals surface area contributed by atoms with Crippen molar-refractivity contribution in [3.63, 3.8) is 0 Å². The van der Waals surface area contributed by atoms with E-state index < -0.39 is 0 Å². The van der Waals surface area contributed by atoms with Gasteiger partial charge in [0.25, 0.3) is 0 Å². The molecule has 0 fully saturated rings. The molecule has 2 aromatic rings. The second kappa shape index (κ2) is 10.7. The van der Waals surface area contributed by atoms with Crippen molar-refractivity contribution in [2.24, 2.45) is 0 Å². The van der Waals surface area contributed by atoms with Crippen molar-refractivity contribution in [2.75, 3.05) is 39.0 Å². The Hall–Kier alpha value is -2.51. The third kappa shape index (κ3) is 7.25. The van der Waals surface area contributed by atoms with Crippen molar-refractivity contribution in [3.8, 4) is 0 Å². The fraction of sp³-hybridized carbons (Fsp3) is 0.381. The molecule has 0 saturated heterocycles. The monoisotopic (exact) mass is 400 g/mol. The van der Waals surface area contributed by atoms with E-state index in [1.807, 2.05) is 58.3 Å². The summed E-state index contributed by atoms with van der Waals surface area (Å²) in [5.41, 5.74) is 1.85. The van der Waals surface area contributed by atoms with Crippen molar-refractivity contribution in [2.45, 2.75) is 20.3 Å². The van der Waals surface area contributed by atoms with Crippen LogP contribution in [0.2, 0.25) is 0 Å². The van der Waals surface area contributed by atoms with Crippen LogP contribution >= 0.6 is 11.3 Å². The van der Waals surface area contributed by atoms with E-state index >= 15 is 0 Å². The summed E-state index contributed by atoms with van der Waals surface area (Å²) in [5, 5.41) is 3.37. The average Bonchev–Trinajstić information content (AvgIpc) is 2.96. The zero-order valence-corrected chi connectivity index (χ0v) is 17.8. The van der Waals surface area contributed by atoms with Crippen LogP contribution in [0.5, 0.6) is 0 Å². The quantitative estimate of drug-likeness (QED) is 0.657. The first kappa shape index (κ1) is 21.8. The van der Waals surface area contributed by atoms with Crippen LogP contribution in [-0.4, -0.2) is 60.3 Å². The van der Waals surface area contributed by atoms with Gasteiger partial charge in [-0.25, -0.2) is 4.98 Å². The van der Waals surface area contributed by atoms with Crippen LogP contribution in [-0.2, 0) is 9.59 Å². The number of rotatable bonds is 9. The molecule has 0 bridgehead atoms. The number of thiazole rings is 1. The van der Waals surface area contributed by atoms with Crippen molar-refractivity contribution in [1.29, 1.82) is 0 Å². The number of aryl methyl sites for hydroxylation is 2. The van der Waals surface area contributed by atoms with E-state index in [1.54, 1.807) is 11.0 Å². The Morgan fingerprint density at radius 1 is 1.14 bits per heavy atom. The second-order valence-electron chi connectivity index (χ2n) is 6.87. The molecule has 0 aliphatic heterocycles. The maximum Gasteiger partial charge on any atom is 0.247 e. The molecule has 0 atom stereocenters. The van der Waals surface area contributed by atoms with Gasteiger partial charge in [-0.15, -0.1) is 11.3 Å². The van der Waals surface area contributed by atoms with Crippen LogP contribution in [0.3, 0.4) is 0 Å². The summed E-state index contributed by atoms with van der Waals surface area (Å²) in [4.78, 5) is 34.1. The van der Waals surface area contributed by atoms with Crippen LogP contribution < -0.4 is 5.32 Å². The Labute approximate surface area is 170 Å². The minimum atomic E-state index is -0.236. The third-order valence-corrected chi connectivity index (χ3v) is 5.16. The van der Waals surface area contributed by atoms with Crippen LogP contribution in [0.4, 0.5) is 5.13 Å². The topological polar surface area (TPSA) is 65.5 Å². The molecule has 7 heteroatoms. The van der Waals surface area contributed by atoms with Crippen LogP contribution in [0.25, 0.3) is 6.08 Å². The van der Waals surface area contributed by atoms with Gasteiger partial charge in [-0.3, -0.25) is 9.59 Å². The van der Waals surface area contributed by atoms with Gasteiger partial charge in [0.2, 0.25) is 11.8 Å². The fourth-order valence-electron chi connectivity index (χ4n) is 2.54. The highest BCUT2D eigenvalue weighted by Crippen LogP contribution is 2.20. The number of hydrogen-bond acceptors (Lipinski definition) is 5. The highest BCUT2D eigenvalue weighted by molar-refractivity contribution is 7.15. The van der Waals surface area contributed by atoms with Gasteiger partial charge in [0.1, 0.15) is 6.54 Å². The van der Waals surface area contributed by atoms with E-state index in [0.29, 0.717) is 11.7 Å². The molecular weight excluding hydrogens is 372 g/mol. The zero-order chi connectivity index (χ0) is 20.5. The number of hydrogen-bond donors (Lipinski definition) is 1. The van der Waals surface area contributed by atoms with E-state index in [2.05, 4.69) is 15.2 Å². The van der Waals surface area contributed by atoms with Gasteiger partial charge in [-0.2, -0.15) is 0 Å². The molecule has 1 aromatic carbocycles. The predicted molar refractivity (Wildman–Crippen MR) is 115 cm³/mol. The minimum absolute atomic E-state index is 0.00304. The number of nitrogens with zero attached hydrogens (tertiary/aromatic N) is 3. The average molecular weight is 401 g/mol. The Morgan fingerprint density at radius 3 is 2.46 bits per heavy atom. The van der Waals surface area contributed by atoms with E-state index in [9.17, 15) is 9.59 Å². The molecule has 0 radical (unpaired) electrons. The maximum absolute atomic E-state index is 12.7. The number of nitrogens with one attached hydrogen (secondary N) is 1. The fourth-order valence-corrected chi connectivity index (χ4v) is 3.37. The van der Waals surface area contributed by atoms with Crippen molar-refractivity contribution in [1.82, 2.24) is 14.8 Å². The van der Waals surface area contributed by atoms with E-state index in [0.717, 1.165) is 29.1 Å². The lowest BCUT2D eigenvalue weighted by atomic mass is 10.2. The molecule has 1 heterocycles. The van der Waals surface area contributed by atoms with Gasteiger partial charge < -0.3 is 15.1 Å². The molecule has 0 saturated carbocycles. The Morgan fingerprint density at radius 2 is 1.86 bits per heavy atom. The highest BCUT2D eigenvalue weighted by Gasteiger charge is 2.16. The first-order valence-corrected chi connectivity index (χ1v) is 10.1. The van der Waals surface area contributed by atoms with Gasteiger partial charge in [0.15, 0.2) is 5.13 Å². The predicted octanol–water partition coefficient (Wildman–Crippen LogP) is 3.19. The molecule has 2 amide bonds. The summed E-state index contributed by atoms with van der Waals surface area (Å²) in [6, 6.07) is 9.63. The number of amides is 2. The van der Waals surface area contributed by atoms with Crippen LogP contribution in [0.15, 0.2) is 36.4 Å². The molecule has 1 aromatic heterocycles. The highest BCUT2D eigenvalue weighted by atomic mass is 32.1. The SMILES string of the molecule is Cc1nc(NC(=O)CN(CCCN(C)C)C(=O)/C=C/c2ccccc2)sc1C. The normalized spacial score (nSPS) is 11.2. The minimum Gasteiger partial charge on any atom is -0.330 e. The number of carbonyl (C=O) groups excluding carboxylic acids is 2. The molecule has 0 spiro atoms. The summed E-state index contributed by atoms with van der Waals surface area (Å²) >= 11 is 1.44. The van der Waals surface area contributed by atoms with E-state index in [1.165, 1.54) is 17.4 Å². The van der Waals surface area contributed by atoms with Crippen LogP contribution in [0.1, 0.15) is 22.6 Å². The maximum atomic E-state index is 12.7. The van der Waals surface area contributed by atoms with Gasteiger partial charge >= 0.3 is 0 Å². The summed E-state index contributed by atoms with van der Waals surface area (Å²) in [5.74, 6) is -0.413. The van der Waals surface area contributed by atoms with Crippen LogP contribution in [0, 0.1) is 13.8 Å². The Kier molecular flexibility index (Phi) is 8.35. The first-order chi connectivity index (χ1) is 13.3. The first-order valence-electron chi connectivity index (χ1n) is 9.26. The lowest BCUT2D eigenvalue weighted by Crippen LogP contribution is -2.38. The molecular formula is C21H28N4O2S. The molecule has 1 N–H and O–H groups in total. The van der Waals surface area contributed by atoms with Crippen molar-refractivity contribution < 1.29 is 9.59 Å². The summed E-state index contributed by atoms with van der Waals surface area (Å²) in [6.45, 7) is 5.24. The third-order valence-electron chi connectivity index (χ3n) is 4.17. The number of benzene rings is 1. The van der Waals surface area contributed by atoms with Gasteiger partial charge in [-0.05, 0) is 52.5 Å². The lowest BCUT2D eigenvalue weighted by Gasteiger charge is -2.21. The molecule has 6 nitrogen and oxygen atoms in total. The van der Waals surface area contributed by atoms with Gasteiger partial charge in [0.05, 0.1) is 5.69 Å². The number of anilines is 1. The van der Waals surface area contributed by atoms with Gasteiger partial charge in [-0.1, -0.05) is 30.3 Å². The number of aromatic nitrogens is 1. The molecule has 0 aliphatic carbocycles. The smallest absolute Gasteiger partial charge is 0.247 e. The summed E-state index contributed by atoms with van der Waals surface area (Å²) in [7, 11) is 3.97. The molecule has 28 heavy (non-hydrogen) atoms. The molecule has 0 aliphatic rings.